The summed E-state index contributed by atoms with van der Waals surface area (Å²) in [6.07, 6.45) is 3.82. The molecule has 1 N–H and O–H groups in total. The Kier molecular flexibility index (Phi) is 5.52. The Labute approximate surface area is 190 Å². The summed E-state index contributed by atoms with van der Waals surface area (Å²) in [4.78, 5) is 31.9. The summed E-state index contributed by atoms with van der Waals surface area (Å²) < 4.78 is 11.2. The van der Waals surface area contributed by atoms with Gasteiger partial charge in [-0.05, 0) is 41.8 Å². The lowest BCUT2D eigenvalue weighted by Crippen LogP contribution is -2.31. The molecule has 166 valence electrons. The highest BCUT2D eigenvalue weighted by molar-refractivity contribution is 6.46. The average Bonchev–Trinajstić information content (AvgIpc) is 3.12. The highest BCUT2D eigenvalue weighted by Gasteiger charge is 2.46. The standard InChI is InChI=1S/C26H22N2O5/c29-24(18-8-9-20-21(15-18)33-14-13-32-20)22-23(19-7-4-11-27-16-19)28(26(31)25(22)30)12-10-17-5-2-1-3-6-17/h1-9,11,15-16,23,29H,10,12-14H2. The SMILES string of the molecule is O=C1C(=O)N(CCc2ccccc2)C(c2cccnc2)C1=C(O)c1ccc2c(c1)OCCO2. The number of ketones is 1. The Morgan fingerprint density at radius 3 is 2.55 bits per heavy atom. The highest BCUT2D eigenvalue weighted by Crippen LogP contribution is 2.40. The molecule has 3 heterocycles. The number of nitrogens with zero attached hydrogens (tertiary/aromatic N) is 2. The van der Waals surface area contributed by atoms with Crippen LogP contribution < -0.4 is 9.47 Å². The summed E-state index contributed by atoms with van der Waals surface area (Å²) >= 11 is 0. The molecule has 1 aromatic heterocycles. The van der Waals surface area contributed by atoms with Crippen LogP contribution in [0.5, 0.6) is 11.5 Å². The fourth-order valence-corrected chi connectivity index (χ4v) is 4.24. The first kappa shape index (κ1) is 20.8. The predicted molar refractivity (Wildman–Crippen MR) is 121 cm³/mol. The number of hydrogen-bond acceptors (Lipinski definition) is 6. The quantitative estimate of drug-likeness (QED) is 0.370. The number of fused-ring (bicyclic) bond motifs is 1. The summed E-state index contributed by atoms with van der Waals surface area (Å²) in [5, 5.41) is 11.2. The van der Waals surface area contributed by atoms with Gasteiger partial charge in [-0.2, -0.15) is 0 Å². The number of aliphatic hydroxyl groups excluding tert-OH is 1. The van der Waals surface area contributed by atoms with E-state index in [4.69, 9.17) is 9.47 Å². The van der Waals surface area contributed by atoms with E-state index < -0.39 is 17.7 Å². The van der Waals surface area contributed by atoms with Crippen molar-refractivity contribution in [2.75, 3.05) is 19.8 Å². The molecule has 1 amide bonds. The van der Waals surface area contributed by atoms with Crippen LogP contribution in [0.15, 0.2) is 78.6 Å². The third-order valence-electron chi connectivity index (χ3n) is 5.84. The number of ether oxygens (including phenoxy) is 2. The molecule has 1 saturated heterocycles. The topological polar surface area (TPSA) is 89.0 Å². The lowest BCUT2D eigenvalue weighted by molar-refractivity contribution is -0.139. The Morgan fingerprint density at radius 1 is 1.00 bits per heavy atom. The van der Waals surface area contributed by atoms with Gasteiger partial charge in [0.25, 0.3) is 11.7 Å². The minimum absolute atomic E-state index is 0.0396. The van der Waals surface area contributed by atoms with Crippen molar-refractivity contribution < 1.29 is 24.2 Å². The number of aromatic nitrogens is 1. The van der Waals surface area contributed by atoms with E-state index >= 15 is 0 Å². The van der Waals surface area contributed by atoms with Gasteiger partial charge < -0.3 is 19.5 Å². The molecule has 7 nitrogen and oxygen atoms in total. The van der Waals surface area contributed by atoms with Crippen LogP contribution in [0.25, 0.3) is 5.76 Å². The second kappa shape index (κ2) is 8.78. The van der Waals surface area contributed by atoms with Crippen molar-refractivity contribution in [2.24, 2.45) is 0 Å². The van der Waals surface area contributed by atoms with Gasteiger partial charge in [0.2, 0.25) is 0 Å². The van der Waals surface area contributed by atoms with Crippen LogP contribution in [0, 0.1) is 0 Å². The number of carbonyl (C=O) groups is 2. The van der Waals surface area contributed by atoms with Crippen molar-refractivity contribution in [3.05, 3.63) is 95.3 Å². The van der Waals surface area contributed by atoms with E-state index in [1.165, 1.54) is 4.90 Å². The van der Waals surface area contributed by atoms with Crippen LogP contribution in [0.3, 0.4) is 0 Å². The molecule has 1 fully saturated rings. The van der Waals surface area contributed by atoms with Crippen molar-refractivity contribution in [2.45, 2.75) is 12.5 Å². The second-order valence-corrected chi connectivity index (χ2v) is 7.87. The fourth-order valence-electron chi connectivity index (χ4n) is 4.24. The van der Waals surface area contributed by atoms with E-state index in [2.05, 4.69) is 4.98 Å². The molecule has 2 aliphatic heterocycles. The predicted octanol–water partition coefficient (Wildman–Crippen LogP) is 3.52. The zero-order valence-electron chi connectivity index (χ0n) is 17.8. The van der Waals surface area contributed by atoms with E-state index in [1.807, 2.05) is 30.3 Å². The smallest absolute Gasteiger partial charge is 0.295 e. The highest BCUT2D eigenvalue weighted by atomic mass is 16.6. The third kappa shape index (κ3) is 3.93. The summed E-state index contributed by atoms with van der Waals surface area (Å²) in [5.41, 5.74) is 2.13. The van der Waals surface area contributed by atoms with Crippen LogP contribution in [0.2, 0.25) is 0 Å². The molecule has 5 rings (SSSR count). The molecule has 3 aromatic rings. The number of hydrogen-bond donors (Lipinski definition) is 1. The number of Topliss-reactive ketones (excluding diaryl/α,β-unsaturated/α-hetero) is 1. The molecule has 0 aliphatic carbocycles. The van der Waals surface area contributed by atoms with E-state index in [0.29, 0.717) is 48.8 Å². The lowest BCUT2D eigenvalue weighted by atomic mass is 9.96. The molecule has 0 bridgehead atoms. The van der Waals surface area contributed by atoms with Gasteiger partial charge in [-0.1, -0.05) is 36.4 Å². The normalized spacial score (nSPS) is 19.0. The molecule has 0 radical (unpaired) electrons. The van der Waals surface area contributed by atoms with Crippen molar-refractivity contribution in [3.63, 3.8) is 0 Å². The number of likely N-dealkylation sites (tertiary alicyclic amines) is 1. The Morgan fingerprint density at radius 2 is 1.79 bits per heavy atom. The number of benzene rings is 2. The van der Waals surface area contributed by atoms with Gasteiger partial charge in [-0.25, -0.2) is 0 Å². The largest absolute Gasteiger partial charge is 0.507 e. The zero-order valence-corrected chi connectivity index (χ0v) is 17.8. The van der Waals surface area contributed by atoms with Crippen molar-refractivity contribution in [3.8, 4) is 11.5 Å². The van der Waals surface area contributed by atoms with E-state index in [-0.39, 0.29) is 11.3 Å². The summed E-state index contributed by atoms with van der Waals surface area (Å²) in [6, 6.07) is 17.5. The van der Waals surface area contributed by atoms with Crippen molar-refractivity contribution in [1.29, 1.82) is 0 Å². The number of amides is 1. The Hall–Kier alpha value is -4.13. The number of carbonyl (C=O) groups excluding carboxylic acids is 2. The summed E-state index contributed by atoms with van der Waals surface area (Å²) in [7, 11) is 0. The van der Waals surface area contributed by atoms with Gasteiger partial charge in [0.05, 0.1) is 11.6 Å². The first-order valence-corrected chi connectivity index (χ1v) is 10.8. The third-order valence-corrected chi connectivity index (χ3v) is 5.84. The maximum Gasteiger partial charge on any atom is 0.295 e. The lowest BCUT2D eigenvalue weighted by Gasteiger charge is -2.25. The number of rotatable bonds is 5. The molecule has 2 aromatic carbocycles. The van der Waals surface area contributed by atoms with Gasteiger partial charge in [0, 0.05) is 24.5 Å². The summed E-state index contributed by atoms with van der Waals surface area (Å²) in [6.45, 7) is 1.18. The zero-order chi connectivity index (χ0) is 22.8. The molecule has 2 aliphatic rings. The monoisotopic (exact) mass is 442 g/mol. The van der Waals surface area contributed by atoms with Gasteiger partial charge >= 0.3 is 0 Å². The van der Waals surface area contributed by atoms with Crippen molar-refractivity contribution >= 4 is 17.4 Å². The maximum atomic E-state index is 13.1. The Balaban J connectivity index is 1.56. The van der Waals surface area contributed by atoms with Crippen LogP contribution in [0.4, 0.5) is 0 Å². The molecular formula is C26H22N2O5. The van der Waals surface area contributed by atoms with E-state index in [0.717, 1.165) is 5.56 Å². The van der Waals surface area contributed by atoms with Gasteiger partial charge in [-0.3, -0.25) is 14.6 Å². The van der Waals surface area contributed by atoms with Crippen LogP contribution in [-0.2, 0) is 16.0 Å². The number of pyridine rings is 1. The van der Waals surface area contributed by atoms with Gasteiger partial charge in [-0.15, -0.1) is 0 Å². The van der Waals surface area contributed by atoms with Gasteiger partial charge in [0.15, 0.2) is 11.5 Å². The van der Waals surface area contributed by atoms with Crippen LogP contribution in [-0.4, -0.2) is 46.4 Å². The minimum Gasteiger partial charge on any atom is -0.507 e. The molecule has 1 atom stereocenters. The molecule has 0 spiro atoms. The molecule has 33 heavy (non-hydrogen) atoms. The molecular weight excluding hydrogens is 420 g/mol. The first-order chi connectivity index (χ1) is 16.1. The van der Waals surface area contributed by atoms with Gasteiger partial charge in [0.1, 0.15) is 19.0 Å². The number of aliphatic hydroxyl groups is 1. The molecule has 1 unspecified atom stereocenters. The van der Waals surface area contributed by atoms with Crippen LogP contribution >= 0.6 is 0 Å². The first-order valence-electron chi connectivity index (χ1n) is 10.8. The molecule has 0 saturated carbocycles. The average molecular weight is 442 g/mol. The molecule has 7 heteroatoms. The Bertz CT molecular complexity index is 1220. The van der Waals surface area contributed by atoms with Crippen LogP contribution in [0.1, 0.15) is 22.7 Å². The van der Waals surface area contributed by atoms with E-state index in [9.17, 15) is 14.7 Å². The fraction of sp³-hybridized carbons (Fsp3) is 0.192. The maximum absolute atomic E-state index is 13.1. The summed E-state index contributed by atoms with van der Waals surface area (Å²) in [5.74, 6) is -0.545. The van der Waals surface area contributed by atoms with Crippen molar-refractivity contribution in [1.82, 2.24) is 9.88 Å². The van der Waals surface area contributed by atoms with E-state index in [1.54, 1.807) is 42.7 Å². The second-order valence-electron chi connectivity index (χ2n) is 7.87. The minimum atomic E-state index is -0.740.